The summed E-state index contributed by atoms with van der Waals surface area (Å²) in [6.07, 6.45) is -7.89. The second-order valence-electron chi connectivity index (χ2n) is 9.77. The van der Waals surface area contributed by atoms with Gasteiger partial charge >= 0.3 is 12.4 Å². The van der Waals surface area contributed by atoms with Crippen molar-refractivity contribution in [3.8, 4) is 0 Å². The predicted molar refractivity (Wildman–Crippen MR) is 119 cm³/mol. The van der Waals surface area contributed by atoms with Crippen molar-refractivity contribution in [2.45, 2.75) is 70.3 Å². The van der Waals surface area contributed by atoms with E-state index in [1.165, 1.54) is 0 Å². The third-order valence-corrected chi connectivity index (χ3v) is 6.62. The van der Waals surface area contributed by atoms with Crippen LogP contribution in [0.25, 0.3) is 0 Å². The van der Waals surface area contributed by atoms with E-state index in [2.05, 4.69) is 5.32 Å². The molecule has 2 aromatic carbocycles. The van der Waals surface area contributed by atoms with Crippen LogP contribution in [0.15, 0.2) is 36.4 Å². The van der Waals surface area contributed by atoms with Crippen molar-refractivity contribution in [1.82, 2.24) is 5.32 Å². The van der Waals surface area contributed by atoms with Crippen LogP contribution in [-0.2, 0) is 22.4 Å². The predicted octanol–water partition coefficient (Wildman–Crippen LogP) is 7.19. The van der Waals surface area contributed by atoms with Crippen LogP contribution in [0.1, 0.15) is 46.2 Å². The summed E-state index contributed by atoms with van der Waals surface area (Å²) in [6.45, 7) is 9.37. The maximum Gasteiger partial charge on any atom is 0.416 e. The third kappa shape index (κ3) is 5.63. The number of hydrogen-bond donors (Lipinski definition) is 1. The molecular formula is C24H29F6NOSi. The van der Waals surface area contributed by atoms with Crippen LogP contribution in [0.4, 0.5) is 26.3 Å². The average molecular weight is 490 g/mol. The van der Waals surface area contributed by atoms with Crippen molar-refractivity contribution in [3.05, 3.63) is 69.8 Å². The Hall–Kier alpha value is -1.84. The standard InChI is InChI=1S/C24H29F6NOSi/c1-15-9-17(13-19(11-15)23(25,26)27)22(32-33(3,4)5,21-7-6-8-31-21)18-10-16(2)12-20(14-18)24(28,29)30/h9-14,21,31H,6-8H2,1-5H3. The highest BCUT2D eigenvalue weighted by Crippen LogP contribution is 2.46. The molecule has 0 bridgehead atoms. The molecule has 0 spiro atoms. The highest BCUT2D eigenvalue weighted by Gasteiger charge is 2.49. The van der Waals surface area contributed by atoms with Crippen molar-refractivity contribution in [2.75, 3.05) is 6.54 Å². The van der Waals surface area contributed by atoms with Gasteiger partial charge in [-0.15, -0.1) is 0 Å². The molecule has 1 unspecified atom stereocenters. The smallest absolute Gasteiger partial charge is 0.403 e. The zero-order valence-corrected chi connectivity index (χ0v) is 20.3. The Labute approximate surface area is 191 Å². The normalized spacial score (nSPS) is 18.1. The summed E-state index contributed by atoms with van der Waals surface area (Å²) in [7, 11) is -2.49. The van der Waals surface area contributed by atoms with Crippen LogP contribution in [0.5, 0.6) is 0 Å². The molecule has 0 aliphatic carbocycles. The Bertz CT molecular complexity index is 940. The Kier molecular flexibility index (Phi) is 6.83. The fourth-order valence-corrected chi connectivity index (χ4v) is 5.94. The Morgan fingerprint density at radius 3 is 1.52 bits per heavy atom. The first-order chi connectivity index (χ1) is 15.0. The molecule has 2 aromatic rings. The molecule has 0 amide bonds. The summed E-state index contributed by atoms with van der Waals surface area (Å²) in [6, 6.07) is 6.88. The second kappa shape index (κ2) is 8.74. The SMILES string of the molecule is Cc1cc(C(F)(F)F)cc(C(O[Si](C)(C)C)(c2cc(C)cc(C(F)(F)F)c2)C2CCCN2)c1. The van der Waals surface area contributed by atoms with Gasteiger partial charge in [-0.25, -0.2) is 0 Å². The molecule has 33 heavy (non-hydrogen) atoms. The van der Waals surface area contributed by atoms with E-state index in [1.54, 1.807) is 26.0 Å². The van der Waals surface area contributed by atoms with Gasteiger partial charge in [0.2, 0.25) is 0 Å². The maximum atomic E-state index is 13.7. The van der Waals surface area contributed by atoms with Gasteiger partial charge in [0.15, 0.2) is 8.32 Å². The van der Waals surface area contributed by atoms with E-state index >= 15 is 0 Å². The summed E-state index contributed by atoms with van der Waals surface area (Å²) in [5.41, 5.74) is -2.02. The molecule has 1 fully saturated rings. The van der Waals surface area contributed by atoms with Gasteiger partial charge in [-0.05, 0) is 88.3 Å². The lowest BCUT2D eigenvalue weighted by atomic mass is 9.77. The summed E-state index contributed by atoms with van der Waals surface area (Å²) in [5, 5.41) is 3.31. The number of alkyl halides is 6. The van der Waals surface area contributed by atoms with Crippen LogP contribution in [0.2, 0.25) is 19.6 Å². The van der Waals surface area contributed by atoms with Gasteiger partial charge in [0.1, 0.15) is 5.60 Å². The Balaban J connectivity index is 2.41. The van der Waals surface area contributed by atoms with E-state index in [4.69, 9.17) is 4.43 Å². The molecule has 0 aromatic heterocycles. The average Bonchev–Trinajstić information content (AvgIpc) is 3.18. The molecule has 182 valence electrons. The molecule has 1 aliphatic heterocycles. The van der Waals surface area contributed by atoms with E-state index in [0.717, 1.165) is 30.7 Å². The fraction of sp³-hybridized carbons (Fsp3) is 0.500. The van der Waals surface area contributed by atoms with Crippen LogP contribution in [0, 0.1) is 13.8 Å². The minimum Gasteiger partial charge on any atom is -0.403 e. The molecule has 9 heteroatoms. The van der Waals surface area contributed by atoms with Crippen LogP contribution in [-0.4, -0.2) is 20.9 Å². The van der Waals surface area contributed by atoms with Crippen molar-refractivity contribution in [3.63, 3.8) is 0 Å². The third-order valence-electron chi connectivity index (χ3n) is 5.69. The van der Waals surface area contributed by atoms with Gasteiger partial charge in [0.25, 0.3) is 0 Å². The largest absolute Gasteiger partial charge is 0.416 e. The molecule has 3 rings (SSSR count). The highest BCUT2D eigenvalue weighted by atomic mass is 28.4. The zero-order valence-electron chi connectivity index (χ0n) is 19.3. The van der Waals surface area contributed by atoms with E-state index in [1.807, 2.05) is 19.6 Å². The van der Waals surface area contributed by atoms with Gasteiger partial charge < -0.3 is 9.74 Å². The van der Waals surface area contributed by atoms with Crippen LogP contribution in [0.3, 0.4) is 0 Å². The van der Waals surface area contributed by atoms with Crippen LogP contribution < -0.4 is 5.32 Å². The molecule has 1 atom stereocenters. The van der Waals surface area contributed by atoms with E-state index in [9.17, 15) is 26.3 Å². The lowest BCUT2D eigenvalue weighted by molar-refractivity contribution is -0.138. The molecule has 1 N–H and O–H groups in total. The van der Waals surface area contributed by atoms with E-state index < -0.39 is 43.4 Å². The minimum absolute atomic E-state index is 0.218. The lowest BCUT2D eigenvalue weighted by Crippen LogP contribution is -2.53. The number of halogens is 6. The molecule has 0 radical (unpaired) electrons. The zero-order chi connectivity index (χ0) is 24.8. The fourth-order valence-electron chi connectivity index (χ4n) is 4.59. The maximum absolute atomic E-state index is 13.7. The number of aryl methyl sites for hydroxylation is 2. The second-order valence-corrected chi connectivity index (χ2v) is 14.2. The molecule has 1 saturated heterocycles. The minimum atomic E-state index is -4.60. The van der Waals surface area contributed by atoms with Crippen molar-refractivity contribution < 1.29 is 30.8 Å². The number of hydrogen-bond acceptors (Lipinski definition) is 2. The summed E-state index contributed by atoms with van der Waals surface area (Å²) >= 11 is 0. The Morgan fingerprint density at radius 1 is 0.758 bits per heavy atom. The summed E-state index contributed by atoms with van der Waals surface area (Å²) in [5.74, 6) is 0. The van der Waals surface area contributed by atoms with E-state index in [-0.39, 0.29) is 11.1 Å². The molecule has 2 nitrogen and oxygen atoms in total. The van der Waals surface area contributed by atoms with Gasteiger partial charge in [0.05, 0.1) is 11.1 Å². The number of rotatable bonds is 5. The van der Waals surface area contributed by atoms with Gasteiger partial charge in [-0.3, -0.25) is 0 Å². The van der Waals surface area contributed by atoms with Gasteiger partial charge in [-0.1, -0.05) is 23.3 Å². The van der Waals surface area contributed by atoms with E-state index in [0.29, 0.717) is 24.1 Å². The quantitative estimate of drug-likeness (QED) is 0.355. The first-order valence-corrected chi connectivity index (χ1v) is 14.3. The molecular weight excluding hydrogens is 460 g/mol. The van der Waals surface area contributed by atoms with Crippen molar-refractivity contribution in [1.29, 1.82) is 0 Å². The van der Waals surface area contributed by atoms with Gasteiger partial charge in [-0.2, -0.15) is 26.3 Å². The molecule has 1 heterocycles. The molecule has 0 saturated carbocycles. The first kappa shape index (κ1) is 25.8. The number of nitrogens with one attached hydrogen (secondary N) is 1. The first-order valence-electron chi connectivity index (χ1n) is 10.8. The van der Waals surface area contributed by atoms with Crippen molar-refractivity contribution >= 4 is 8.32 Å². The summed E-state index contributed by atoms with van der Waals surface area (Å²) in [4.78, 5) is 0. The topological polar surface area (TPSA) is 21.3 Å². The molecule has 1 aliphatic rings. The highest BCUT2D eigenvalue weighted by molar-refractivity contribution is 6.69. The summed E-state index contributed by atoms with van der Waals surface area (Å²) < 4.78 is 89.1. The van der Waals surface area contributed by atoms with Crippen LogP contribution >= 0.6 is 0 Å². The lowest BCUT2D eigenvalue weighted by Gasteiger charge is -2.45. The monoisotopic (exact) mass is 489 g/mol. The number of benzene rings is 2. The van der Waals surface area contributed by atoms with Crippen molar-refractivity contribution in [2.24, 2.45) is 0 Å². The Morgan fingerprint density at radius 2 is 1.18 bits per heavy atom. The van der Waals surface area contributed by atoms with Gasteiger partial charge in [0, 0.05) is 6.04 Å².